The minimum Gasteiger partial charge on any atom is -0.493 e. The maximum absolute atomic E-state index is 12.8. The summed E-state index contributed by atoms with van der Waals surface area (Å²) >= 11 is 3.44. The molecule has 3 rings (SSSR count). The Bertz CT molecular complexity index is 936. The molecular formula is C21H24BrN3O4. The first kappa shape index (κ1) is 21.3. The molecule has 1 heterocycles. The third kappa shape index (κ3) is 5.55. The van der Waals surface area contributed by atoms with Gasteiger partial charge in [-0.3, -0.25) is 9.59 Å². The number of halogens is 1. The number of ketones is 1. The fourth-order valence-electron chi connectivity index (χ4n) is 2.87. The molecule has 29 heavy (non-hydrogen) atoms. The van der Waals surface area contributed by atoms with Gasteiger partial charge in [-0.2, -0.15) is 0 Å². The van der Waals surface area contributed by atoms with Crippen LogP contribution < -0.4 is 15.4 Å². The summed E-state index contributed by atoms with van der Waals surface area (Å²) in [5, 5.41) is 16.0. The number of Topliss-reactive ketones (excluding diaryl/α,β-unsaturated/α-hetero) is 1. The summed E-state index contributed by atoms with van der Waals surface area (Å²) in [6.07, 6.45) is 3.12. The lowest BCUT2D eigenvalue weighted by Gasteiger charge is -2.19. The summed E-state index contributed by atoms with van der Waals surface area (Å²) in [6, 6.07) is 7.12. The molecule has 1 aliphatic carbocycles. The highest BCUT2D eigenvalue weighted by molar-refractivity contribution is 9.10. The zero-order valence-corrected chi connectivity index (χ0v) is 18.2. The average Bonchev–Trinajstić information content (AvgIpc) is 3.46. The van der Waals surface area contributed by atoms with Crippen molar-refractivity contribution in [3.05, 3.63) is 40.5 Å². The molecule has 1 saturated carbocycles. The summed E-state index contributed by atoms with van der Waals surface area (Å²) in [4.78, 5) is 29.1. The van der Waals surface area contributed by atoms with E-state index in [1.807, 2.05) is 18.2 Å². The highest BCUT2D eigenvalue weighted by atomic mass is 79.9. The highest BCUT2D eigenvalue weighted by Gasteiger charge is 2.30. The molecule has 154 valence electrons. The minimum absolute atomic E-state index is 0.0369. The Balaban J connectivity index is 1.96. The Morgan fingerprint density at radius 3 is 2.66 bits per heavy atom. The maximum atomic E-state index is 12.8. The van der Waals surface area contributed by atoms with Crippen LogP contribution in [0, 0.1) is 5.92 Å². The number of carbonyl (C=O) groups excluding carboxylic acids is 2. The van der Waals surface area contributed by atoms with Crippen molar-refractivity contribution < 1.29 is 19.4 Å². The number of para-hydroxylation sites is 1. The van der Waals surface area contributed by atoms with Crippen molar-refractivity contribution in [3.8, 4) is 5.75 Å². The summed E-state index contributed by atoms with van der Waals surface area (Å²) in [5.41, 5.74) is 0.279. The fraction of sp³-hybridized carbons (Fsp3) is 0.381. The predicted octanol–water partition coefficient (Wildman–Crippen LogP) is 4.29. The number of rotatable bonds is 8. The molecule has 1 amide bonds. The molecule has 2 aromatic rings. The molecule has 0 saturated heterocycles. The van der Waals surface area contributed by atoms with Gasteiger partial charge in [0.05, 0.1) is 34.1 Å². The largest absolute Gasteiger partial charge is 0.493 e. The summed E-state index contributed by atoms with van der Waals surface area (Å²) in [5.74, 6) is 0.641. The molecule has 1 aromatic carbocycles. The van der Waals surface area contributed by atoms with Crippen molar-refractivity contribution in [2.45, 2.75) is 38.7 Å². The van der Waals surface area contributed by atoms with Crippen LogP contribution in [0.3, 0.4) is 0 Å². The van der Waals surface area contributed by atoms with Gasteiger partial charge in [-0.15, -0.1) is 0 Å². The normalized spacial score (nSPS) is 13.7. The second-order valence-electron chi connectivity index (χ2n) is 7.74. The van der Waals surface area contributed by atoms with E-state index in [0.717, 1.165) is 17.3 Å². The molecule has 0 radical (unpaired) electrons. The van der Waals surface area contributed by atoms with E-state index in [-0.39, 0.29) is 24.0 Å². The first-order chi connectivity index (χ1) is 13.7. The molecule has 0 bridgehead atoms. The number of benzene rings is 1. The van der Waals surface area contributed by atoms with Gasteiger partial charge < -0.3 is 20.5 Å². The number of nitrogens with zero attached hydrogens (tertiary/aromatic N) is 1. The Hall–Kier alpha value is -2.45. The molecule has 0 unspecified atom stereocenters. The van der Waals surface area contributed by atoms with Gasteiger partial charge in [0.2, 0.25) is 5.91 Å². The Kier molecular flexibility index (Phi) is 6.24. The van der Waals surface area contributed by atoms with Gasteiger partial charge >= 0.3 is 0 Å². The van der Waals surface area contributed by atoms with Crippen LogP contribution >= 0.6 is 15.9 Å². The van der Waals surface area contributed by atoms with E-state index in [1.165, 1.54) is 6.20 Å². The number of nitrogens with one attached hydrogen (secondary N) is 2. The van der Waals surface area contributed by atoms with Crippen molar-refractivity contribution in [1.29, 1.82) is 0 Å². The number of pyridine rings is 1. The fourth-order valence-corrected chi connectivity index (χ4v) is 3.40. The number of methoxy groups -OCH3 is 1. The van der Waals surface area contributed by atoms with Gasteiger partial charge in [0.25, 0.3) is 0 Å². The Morgan fingerprint density at radius 2 is 2.03 bits per heavy atom. The third-order valence-corrected chi connectivity index (χ3v) is 5.06. The van der Waals surface area contributed by atoms with Crippen LogP contribution in [-0.4, -0.2) is 34.5 Å². The van der Waals surface area contributed by atoms with Crippen LogP contribution in [0.2, 0.25) is 0 Å². The number of amides is 1. The van der Waals surface area contributed by atoms with E-state index in [4.69, 9.17) is 4.74 Å². The molecule has 0 aliphatic heterocycles. The minimum atomic E-state index is -1.15. The molecule has 8 heteroatoms. The van der Waals surface area contributed by atoms with Gasteiger partial charge in [0.1, 0.15) is 5.82 Å². The van der Waals surface area contributed by atoms with Crippen molar-refractivity contribution in [2.24, 2.45) is 5.92 Å². The van der Waals surface area contributed by atoms with E-state index in [0.29, 0.717) is 28.5 Å². The van der Waals surface area contributed by atoms with Crippen molar-refractivity contribution in [2.75, 3.05) is 17.7 Å². The SMILES string of the molecule is COc1c(Br)cccc1Nc1cc(NC(=O)C2CC2)ncc1C(=O)CC(C)(C)O. The van der Waals surface area contributed by atoms with E-state index in [2.05, 4.69) is 31.5 Å². The Labute approximate surface area is 178 Å². The predicted molar refractivity (Wildman–Crippen MR) is 115 cm³/mol. The number of hydrogen-bond donors (Lipinski definition) is 3. The molecule has 0 spiro atoms. The standard InChI is InChI=1S/C21H24BrN3O4/c1-21(2,28)10-17(26)13-11-23-18(25-20(27)12-7-8-12)9-16(13)24-15-6-4-5-14(22)19(15)29-3/h4-6,9,11-12,28H,7-8,10H2,1-3H3,(H2,23,24,25,27). The Morgan fingerprint density at radius 1 is 1.31 bits per heavy atom. The molecule has 1 aliphatic rings. The second-order valence-corrected chi connectivity index (χ2v) is 8.59. The van der Waals surface area contributed by atoms with Crippen LogP contribution in [0.4, 0.5) is 17.2 Å². The summed E-state index contributed by atoms with van der Waals surface area (Å²) in [7, 11) is 1.56. The number of anilines is 3. The molecule has 7 nitrogen and oxygen atoms in total. The highest BCUT2D eigenvalue weighted by Crippen LogP contribution is 2.36. The maximum Gasteiger partial charge on any atom is 0.228 e. The van der Waals surface area contributed by atoms with Crippen LogP contribution in [0.5, 0.6) is 5.75 Å². The number of aliphatic hydroxyl groups is 1. The lowest BCUT2D eigenvalue weighted by atomic mass is 9.97. The van der Waals surface area contributed by atoms with Crippen molar-refractivity contribution >= 4 is 44.8 Å². The van der Waals surface area contributed by atoms with Gasteiger partial charge in [0, 0.05) is 24.6 Å². The van der Waals surface area contributed by atoms with Crippen LogP contribution in [0.15, 0.2) is 34.9 Å². The van der Waals surface area contributed by atoms with Gasteiger partial charge in [-0.25, -0.2) is 4.98 Å². The number of hydrogen-bond acceptors (Lipinski definition) is 6. The van der Waals surface area contributed by atoms with Gasteiger partial charge in [-0.05, 0) is 54.8 Å². The van der Waals surface area contributed by atoms with E-state index in [1.54, 1.807) is 27.0 Å². The van der Waals surface area contributed by atoms with Crippen LogP contribution in [0.25, 0.3) is 0 Å². The van der Waals surface area contributed by atoms with E-state index >= 15 is 0 Å². The van der Waals surface area contributed by atoms with Gasteiger partial charge in [0.15, 0.2) is 11.5 Å². The molecule has 1 aromatic heterocycles. The molecule has 3 N–H and O–H groups in total. The van der Waals surface area contributed by atoms with E-state index in [9.17, 15) is 14.7 Å². The summed E-state index contributed by atoms with van der Waals surface area (Å²) in [6.45, 7) is 3.15. The third-order valence-electron chi connectivity index (χ3n) is 4.44. The lowest BCUT2D eigenvalue weighted by Crippen LogP contribution is -2.24. The number of carbonyl (C=O) groups is 2. The first-order valence-corrected chi connectivity index (χ1v) is 10.1. The van der Waals surface area contributed by atoms with Gasteiger partial charge in [-0.1, -0.05) is 6.07 Å². The van der Waals surface area contributed by atoms with Crippen LogP contribution in [-0.2, 0) is 4.79 Å². The summed E-state index contributed by atoms with van der Waals surface area (Å²) < 4.78 is 6.20. The average molecular weight is 462 g/mol. The zero-order valence-electron chi connectivity index (χ0n) is 16.6. The smallest absolute Gasteiger partial charge is 0.228 e. The second kappa shape index (κ2) is 8.51. The van der Waals surface area contributed by atoms with Crippen molar-refractivity contribution in [1.82, 2.24) is 4.98 Å². The molecule has 1 fully saturated rings. The molecular weight excluding hydrogens is 438 g/mol. The zero-order chi connectivity index (χ0) is 21.2. The van der Waals surface area contributed by atoms with Crippen molar-refractivity contribution in [3.63, 3.8) is 0 Å². The first-order valence-electron chi connectivity index (χ1n) is 9.34. The monoisotopic (exact) mass is 461 g/mol. The van der Waals surface area contributed by atoms with E-state index < -0.39 is 5.60 Å². The molecule has 0 atom stereocenters. The number of ether oxygens (including phenoxy) is 1. The topological polar surface area (TPSA) is 101 Å². The number of aromatic nitrogens is 1. The van der Waals surface area contributed by atoms with Crippen LogP contribution in [0.1, 0.15) is 43.5 Å². The quantitative estimate of drug-likeness (QED) is 0.506. The lowest BCUT2D eigenvalue weighted by molar-refractivity contribution is -0.117.